The molecule has 6 nitrogen and oxygen atoms in total. The third-order valence-electron chi connectivity index (χ3n) is 3.98. The topological polar surface area (TPSA) is 78.8 Å². The highest BCUT2D eigenvalue weighted by Crippen LogP contribution is 2.22. The molecule has 1 amide bonds. The Balaban J connectivity index is 1.79. The van der Waals surface area contributed by atoms with Crippen molar-refractivity contribution in [1.82, 2.24) is 9.62 Å². The Bertz CT molecular complexity index is 924. The van der Waals surface area contributed by atoms with E-state index in [-0.39, 0.29) is 16.6 Å². The summed E-state index contributed by atoms with van der Waals surface area (Å²) in [4.78, 5) is 18.6. The highest BCUT2D eigenvalue weighted by atomic mass is 32.2. The summed E-state index contributed by atoms with van der Waals surface area (Å²) in [6, 6.07) is 15.5. The van der Waals surface area contributed by atoms with Crippen LogP contribution in [-0.4, -0.2) is 38.2 Å². The molecule has 0 saturated heterocycles. The minimum atomic E-state index is -3.60. The summed E-state index contributed by atoms with van der Waals surface area (Å²) in [7, 11) is -1.89. The number of sulfonamides is 1. The molecular weight excluding hydrogens is 338 g/mol. The van der Waals surface area contributed by atoms with Crippen molar-refractivity contribution in [2.75, 3.05) is 7.05 Å². The molecule has 7 heteroatoms. The summed E-state index contributed by atoms with van der Waals surface area (Å²) in [5, 5.41) is 0. The molecule has 0 aromatic heterocycles. The number of rotatable bonds is 4. The number of carbonyl (C=O) groups excluding carboxylic acids is 1. The van der Waals surface area contributed by atoms with E-state index in [0.717, 1.165) is 5.56 Å². The molecular formula is C18H19N3O3S. The smallest absolute Gasteiger partial charge is 0.263 e. The summed E-state index contributed by atoms with van der Waals surface area (Å²) in [5.74, 6) is 0.0319. The van der Waals surface area contributed by atoms with Crippen molar-refractivity contribution >= 4 is 21.8 Å². The zero-order valence-corrected chi connectivity index (χ0v) is 14.8. The van der Waals surface area contributed by atoms with E-state index in [2.05, 4.69) is 9.71 Å². The van der Waals surface area contributed by atoms with E-state index in [1.807, 2.05) is 30.3 Å². The van der Waals surface area contributed by atoms with Gasteiger partial charge in [-0.15, -0.1) is 0 Å². The second-order valence-electron chi connectivity index (χ2n) is 5.94. The summed E-state index contributed by atoms with van der Waals surface area (Å²) >= 11 is 0. The molecule has 1 heterocycles. The molecule has 1 aliphatic heterocycles. The molecule has 0 saturated carbocycles. The number of aliphatic imine (C=N–C) groups is 1. The quantitative estimate of drug-likeness (QED) is 0.906. The maximum atomic E-state index is 12.6. The predicted octanol–water partition coefficient (Wildman–Crippen LogP) is 1.77. The lowest BCUT2D eigenvalue weighted by Gasteiger charge is -2.20. The fourth-order valence-electron chi connectivity index (χ4n) is 2.73. The van der Waals surface area contributed by atoms with Crippen molar-refractivity contribution in [2.24, 2.45) is 4.99 Å². The van der Waals surface area contributed by atoms with E-state index < -0.39 is 16.1 Å². The van der Waals surface area contributed by atoms with E-state index in [9.17, 15) is 13.2 Å². The Morgan fingerprint density at radius 3 is 2.48 bits per heavy atom. The number of fused-ring (bicyclic) bond motifs is 1. The van der Waals surface area contributed by atoms with Gasteiger partial charge >= 0.3 is 0 Å². The van der Waals surface area contributed by atoms with Crippen LogP contribution < -0.4 is 4.72 Å². The second kappa shape index (κ2) is 6.68. The van der Waals surface area contributed by atoms with Crippen LogP contribution in [0.1, 0.15) is 18.1 Å². The number of nitrogens with zero attached hydrogens (tertiary/aromatic N) is 2. The van der Waals surface area contributed by atoms with E-state index >= 15 is 0 Å². The predicted molar refractivity (Wildman–Crippen MR) is 95.7 cm³/mol. The molecule has 2 aromatic rings. The standard InChI is InChI=1S/C18H19N3O3S/c1-13(18(22)21(2)12-14-8-4-3-5-9-14)19-17-15-10-6-7-11-16(15)25(23,24)20-17/h3-11,13H,12H2,1-2H3,(H,19,20)/t13-/m1/s1. The Labute approximate surface area is 147 Å². The normalized spacial score (nSPS) is 17.6. The number of carbonyl (C=O) groups is 1. The number of benzene rings is 2. The lowest BCUT2D eigenvalue weighted by atomic mass is 10.2. The maximum absolute atomic E-state index is 12.6. The summed E-state index contributed by atoms with van der Waals surface area (Å²) in [5.41, 5.74) is 1.51. The molecule has 0 radical (unpaired) electrons. The van der Waals surface area contributed by atoms with Crippen molar-refractivity contribution in [1.29, 1.82) is 0 Å². The zero-order chi connectivity index (χ0) is 18.0. The summed E-state index contributed by atoms with van der Waals surface area (Å²) in [6.07, 6.45) is 0. The van der Waals surface area contributed by atoms with Crippen LogP contribution in [0, 0.1) is 0 Å². The van der Waals surface area contributed by atoms with Crippen molar-refractivity contribution in [3.05, 3.63) is 65.7 Å². The summed E-state index contributed by atoms with van der Waals surface area (Å²) < 4.78 is 26.6. The lowest BCUT2D eigenvalue weighted by molar-refractivity contribution is -0.131. The zero-order valence-electron chi connectivity index (χ0n) is 14.0. The number of amides is 1. The molecule has 0 aliphatic carbocycles. The molecule has 1 atom stereocenters. The fourth-order valence-corrected chi connectivity index (χ4v) is 3.97. The second-order valence-corrected chi connectivity index (χ2v) is 7.59. The third kappa shape index (κ3) is 3.56. The first-order valence-electron chi connectivity index (χ1n) is 7.87. The molecule has 0 fully saturated rings. The minimum Gasteiger partial charge on any atom is -0.340 e. The van der Waals surface area contributed by atoms with Crippen LogP contribution >= 0.6 is 0 Å². The van der Waals surface area contributed by atoms with Gasteiger partial charge in [0.1, 0.15) is 11.9 Å². The number of hydrogen-bond acceptors (Lipinski definition) is 4. The van der Waals surface area contributed by atoms with Crippen LogP contribution in [0.2, 0.25) is 0 Å². The number of hydrogen-bond donors (Lipinski definition) is 1. The minimum absolute atomic E-state index is 0.181. The van der Waals surface area contributed by atoms with Crippen LogP contribution in [0.5, 0.6) is 0 Å². The highest BCUT2D eigenvalue weighted by Gasteiger charge is 2.31. The third-order valence-corrected chi connectivity index (χ3v) is 5.38. The van der Waals surface area contributed by atoms with Gasteiger partial charge in [-0.3, -0.25) is 14.5 Å². The van der Waals surface area contributed by atoms with E-state index in [0.29, 0.717) is 12.1 Å². The summed E-state index contributed by atoms with van der Waals surface area (Å²) in [6.45, 7) is 2.13. The highest BCUT2D eigenvalue weighted by molar-refractivity contribution is 7.90. The van der Waals surface area contributed by atoms with Crippen LogP contribution in [0.15, 0.2) is 64.5 Å². The average molecular weight is 357 g/mol. The van der Waals surface area contributed by atoms with Crippen LogP contribution in [-0.2, 0) is 21.4 Å². The molecule has 1 aliphatic rings. The van der Waals surface area contributed by atoms with Crippen LogP contribution in [0.25, 0.3) is 0 Å². The first kappa shape index (κ1) is 17.2. The molecule has 25 heavy (non-hydrogen) atoms. The molecule has 0 unspecified atom stereocenters. The SMILES string of the molecule is C[C@@H](N=C1NS(=O)(=O)c2ccccc21)C(=O)N(C)Cc1ccccc1. The van der Waals surface area contributed by atoms with Gasteiger partial charge in [0.2, 0.25) is 5.91 Å². The van der Waals surface area contributed by atoms with Crippen LogP contribution in [0.3, 0.4) is 0 Å². The Morgan fingerprint density at radius 2 is 1.76 bits per heavy atom. The van der Waals surface area contributed by atoms with E-state index in [1.54, 1.807) is 37.1 Å². The van der Waals surface area contributed by atoms with Gasteiger partial charge in [0.25, 0.3) is 10.0 Å². The maximum Gasteiger partial charge on any atom is 0.263 e. The molecule has 130 valence electrons. The van der Waals surface area contributed by atoms with Crippen molar-refractivity contribution in [2.45, 2.75) is 24.4 Å². The average Bonchev–Trinajstić information content (AvgIpc) is 2.86. The number of amidine groups is 1. The largest absolute Gasteiger partial charge is 0.340 e. The van der Waals surface area contributed by atoms with Crippen molar-refractivity contribution in [3.63, 3.8) is 0 Å². The van der Waals surface area contributed by atoms with Crippen molar-refractivity contribution in [3.8, 4) is 0 Å². The van der Waals surface area contributed by atoms with Gasteiger partial charge in [-0.05, 0) is 24.6 Å². The van der Waals surface area contributed by atoms with Gasteiger partial charge in [-0.2, -0.15) is 0 Å². The fraction of sp³-hybridized carbons (Fsp3) is 0.222. The Hall–Kier alpha value is -2.67. The molecule has 2 aromatic carbocycles. The number of nitrogens with one attached hydrogen (secondary N) is 1. The van der Waals surface area contributed by atoms with Gasteiger partial charge in [-0.1, -0.05) is 42.5 Å². The van der Waals surface area contributed by atoms with Crippen molar-refractivity contribution < 1.29 is 13.2 Å². The molecule has 0 bridgehead atoms. The molecule has 0 spiro atoms. The Kier molecular flexibility index (Phi) is 4.59. The lowest BCUT2D eigenvalue weighted by Crippen LogP contribution is -2.35. The number of likely N-dealkylation sites (N-methyl/N-ethyl adjacent to an activating group) is 1. The van der Waals surface area contributed by atoms with Gasteiger partial charge in [-0.25, -0.2) is 8.42 Å². The van der Waals surface area contributed by atoms with Crippen LogP contribution in [0.4, 0.5) is 0 Å². The Morgan fingerprint density at radius 1 is 1.12 bits per heavy atom. The van der Waals surface area contributed by atoms with Gasteiger partial charge in [0.05, 0.1) is 4.90 Å². The van der Waals surface area contributed by atoms with Gasteiger partial charge in [0, 0.05) is 19.2 Å². The first-order valence-corrected chi connectivity index (χ1v) is 9.36. The van der Waals surface area contributed by atoms with E-state index in [1.165, 1.54) is 6.07 Å². The molecule has 1 N–H and O–H groups in total. The molecule has 3 rings (SSSR count). The first-order chi connectivity index (χ1) is 11.9. The van der Waals surface area contributed by atoms with Gasteiger partial charge < -0.3 is 4.90 Å². The van der Waals surface area contributed by atoms with Gasteiger partial charge in [0.15, 0.2) is 0 Å². The monoisotopic (exact) mass is 357 g/mol. The van der Waals surface area contributed by atoms with E-state index in [4.69, 9.17) is 0 Å².